The second-order valence-corrected chi connectivity index (χ2v) is 2.51. The van der Waals surface area contributed by atoms with Crippen LogP contribution in [0.2, 0.25) is 0 Å². The first-order chi connectivity index (χ1) is 4.86. The molecule has 0 atom stereocenters. The van der Waals surface area contributed by atoms with Gasteiger partial charge in [0, 0.05) is 25.5 Å². The van der Waals surface area contributed by atoms with Crippen molar-refractivity contribution in [2.24, 2.45) is 5.84 Å². The molecule has 0 saturated carbocycles. The van der Waals surface area contributed by atoms with Gasteiger partial charge in [0.2, 0.25) is 0 Å². The third-order valence-electron chi connectivity index (χ3n) is 1.77. The lowest BCUT2D eigenvalue weighted by Gasteiger charge is -2.22. The molecule has 0 amide bonds. The van der Waals surface area contributed by atoms with Gasteiger partial charge in [-0.15, -0.1) is 0 Å². The molecule has 0 unspecified atom stereocenters. The smallest absolute Gasteiger partial charge is 0.124 e. The lowest BCUT2D eigenvalue weighted by atomic mass is 10.4. The topological polar surface area (TPSA) is 47.1 Å². The first kappa shape index (κ1) is 5.88. The zero-order chi connectivity index (χ0) is 6.97. The number of hydrogen-bond acceptors (Lipinski definition) is 3. The summed E-state index contributed by atoms with van der Waals surface area (Å²) >= 11 is 0. The van der Waals surface area contributed by atoms with E-state index in [1.165, 1.54) is 0 Å². The number of imidazole rings is 1. The van der Waals surface area contributed by atoms with Gasteiger partial charge in [-0.1, -0.05) is 0 Å². The van der Waals surface area contributed by atoms with Crippen molar-refractivity contribution in [3.63, 3.8) is 0 Å². The molecule has 0 spiro atoms. The number of aromatic nitrogens is 2. The molecule has 2 rings (SSSR count). The average molecular weight is 138 g/mol. The first-order valence-corrected chi connectivity index (χ1v) is 3.36. The van der Waals surface area contributed by atoms with Crippen molar-refractivity contribution in [1.29, 1.82) is 0 Å². The standard InChI is InChI=1S/C6H10N4/c7-10-4-3-9-2-1-8-6(9)5-10/h1-2H,3-5,7H2. The van der Waals surface area contributed by atoms with Crippen molar-refractivity contribution < 1.29 is 0 Å². The number of nitrogens with two attached hydrogens (primary N) is 1. The molecule has 1 aliphatic rings. The van der Waals surface area contributed by atoms with Crippen LogP contribution >= 0.6 is 0 Å². The van der Waals surface area contributed by atoms with Gasteiger partial charge in [-0.3, -0.25) is 5.84 Å². The number of hydrogen-bond donors (Lipinski definition) is 1. The fourth-order valence-corrected chi connectivity index (χ4v) is 1.19. The number of hydrazine groups is 1. The maximum atomic E-state index is 5.59. The lowest BCUT2D eigenvalue weighted by molar-refractivity contribution is 0.223. The highest BCUT2D eigenvalue weighted by Crippen LogP contribution is 2.05. The van der Waals surface area contributed by atoms with Gasteiger partial charge in [0.15, 0.2) is 0 Å². The van der Waals surface area contributed by atoms with Crippen LogP contribution in [-0.4, -0.2) is 21.1 Å². The number of nitrogens with zero attached hydrogens (tertiary/aromatic N) is 3. The Hall–Kier alpha value is -0.870. The van der Waals surface area contributed by atoms with Crippen molar-refractivity contribution in [1.82, 2.24) is 14.6 Å². The molecule has 1 aromatic rings. The van der Waals surface area contributed by atoms with Crippen LogP contribution in [0, 0.1) is 0 Å². The molecule has 4 nitrogen and oxygen atoms in total. The molecular formula is C6H10N4. The number of rotatable bonds is 0. The minimum Gasteiger partial charge on any atom is -0.332 e. The van der Waals surface area contributed by atoms with Gasteiger partial charge in [0.05, 0.1) is 6.54 Å². The van der Waals surface area contributed by atoms with Crippen molar-refractivity contribution >= 4 is 0 Å². The summed E-state index contributed by atoms with van der Waals surface area (Å²) in [5.41, 5.74) is 0. The SMILES string of the molecule is NN1CCn2ccnc2C1. The monoisotopic (exact) mass is 138 g/mol. The van der Waals surface area contributed by atoms with E-state index in [4.69, 9.17) is 5.84 Å². The van der Waals surface area contributed by atoms with Gasteiger partial charge in [-0.2, -0.15) is 0 Å². The van der Waals surface area contributed by atoms with E-state index >= 15 is 0 Å². The highest BCUT2D eigenvalue weighted by molar-refractivity contribution is 4.94. The molecule has 1 aliphatic heterocycles. The van der Waals surface area contributed by atoms with E-state index in [1.54, 1.807) is 5.01 Å². The number of fused-ring (bicyclic) bond motifs is 1. The molecule has 54 valence electrons. The largest absolute Gasteiger partial charge is 0.332 e. The van der Waals surface area contributed by atoms with E-state index in [2.05, 4.69) is 9.55 Å². The van der Waals surface area contributed by atoms with Crippen molar-refractivity contribution in [3.05, 3.63) is 18.2 Å². The average Bonchev–Trinajstić information content (AvgIpc) is 2.33. The van der Waals surface area contributed by atoms with Gasteiger partial charge >= 0.3 is 0 Å². The Balaban J connectivity index is 2.30. The molecule has 0 radical (unpaired) electrons. The fraction of sp³-hybridized carbons (Fsp3) is 0.500. The van der Waals surface area contributed by atoms with Gasteiger partial charge in [-0.05, 0) is 0 Å². The minimum atomic E-state index is 0.771. The second kappa shape index (κ2) is 2.07. The highest BCUT2D eigenvalue weighted by atomic mass is 15.4. The van der Waals surface area contributed by atoms with E-state index in [1.807, 2.05) is 12.4 Å². The Kier molecular flexibility index (Phi) is 1.22. The third-order valence-corrected chi connectivity index (χ3v) is 1.77. The molecule has 0 aromatic carbocycles. The summed E-state index contributed by atoms with van der Waals surface area (Å²) in [4.78, 5) is 4.15. The zero-order valence-electron chi connectivity index (χ0n) is 5.70. The van der Waals surface area contributed by atoms with Gasteiger partial charge in [0.1, 0.15) is 5.82 Å². The third kappa shape index (κ3) is 0.815. The summed E-state index contributed by atoms with van der Waals surface area (Å²) in [6, 6.07) is 0. The van der Waals surface area contributed by atoms with Crippen molar-refractivity contribution in [2.45, 2.75) is 13.1 Å². The van der Waals surface area contributed by atoms with Crippen molar-refractivity contribution in [2.75, 3.05) is 6.54 Å². The normalized spacial score (nSPS) is 18.9. The summed E-state index contributed by atoms with van der Waals surface area (Å²) < 4.78 is 2.13. The molecule has 2 heterocycles. The van der Waals surface area contributed by atoms with Crippen LogP contribution in [0.1, 0.15) is 5.82 Å². The van der Waals surface area contributed by atoms with Gasteiger partial charge in [0.25, 0.3) is 0 Å². The summed E-state index contributed by atoms with van der Waals surface area (Å²) in [7, 11) is 0. The van der Waals surface area contributed by atoms with Crippen molar-refractivity contribution in [3.8, 4) is 0 Å². The molecule has 0 bridgehead atoms. The second-order valence-electron chi connectivity index (χ2n) is 2.51. The summed E-state index contributed by atoms with van der Waals surface area (Å²) in [5, 5.41) is 1.78. The summed E-state index contributed by atoms with van der Waals surface area (Å²) in [6.07, 6.45) is 3.80. The van der Waals surface area contributed by atoms with Gasteiger partial charge < -0.3 is 4.57 Å². The van der Waals surface area contributed by atoms with Crippen LogP contribution in [0.15, 0.2) is 12.4 Å². The predicted molar refractivity (Wildman–Crippen MR) is 36.8 cm³/mol. The fourth-order valence-electron chi connectivity index (χ4n) is 1.19. The molecule has 0 fully saturated rings. The quantitative estimate of drug-likeness (QED) is 0.495. The van der Waals surface area contributed by atoms with Crippen LogP contribution in [-0.2, 0) is 13.1 Å². The van der Waals surface area contributed by atoms with Gasteiger partial charge in [-0.25, -0.2) is 9.99 Å². The molecular weight excluding hydrogens is 128 g/mol. The van der Waals surface area contributed by atoms with E-state index < -0.39 is 0 Å². The molecule has 1 aromatic heterocycles. The maximum absolute atomic E-state index is 5.59. The molecule has 10 heavy (non-hydrogen) atoms. The molecule has 0 aliphatic carbocycles. The zero-order valence-corrected chi connectivity index (χ0v) is 5.70. The molecule has 4 heteroatoms. The first-order valence-electron chi connectivity index (χ1n) is 3.36. The van der Waals surface area contributed by atoms with Crippen LogP contribution in [0.3, 0.4) is 0 Å². The Bertz CT molecular complexity index is 229. The van der Waals surface area contributed by atoms with E-state index in [0.29, 0.717) is 0 Å². The summed E-state index contributed by atoms with van der Waals surface area (Å²) in [6.45, 7) is 2.65. The van der Waals surface area contributed by atoms with Crippen LogP contribution in [0.25, 0.3) is 0 Å². The Labute approximate surface area is 59.2 Å². The maximum Gasteiger partial charge on any atom is 0.124 e. The minimum absolute atomic E-state index is 0.771. The van der Waals surface area contributed by atoms with Crippen LogP contribution in [0.5, 0.6) is 0 Å². The van der Waals surface area contributed by atoms with Crippen LogP contribution < -0.4 is 5.84 Å². The van der Waals surface area contributed by atoms with E-state index in [0.717, 1.165) is 25.5 Å². The molecule has 2 N–H and O–H groups in total. The highest BCUT2D eigenvalue weighted by Gasteiger charge is 2.12. The lowest BCUT2D eigenvalue weighted by Crippen LogP contribution is -2.38. The summed E-state index contributed by atoms with van der Waals surface area (Å²) in [5.74, 6) is 6.65. The predicted octanol–water partition coefficient (Wildman–Crippen LogP) is -0.428. The Morgan fingerprint density at radius 2 is 2.40 bits per heavy atom. The van der Waals surface area contributed by atoms with E-state index in [-0.39, 0.29) is 0 Å². The van der Waals surface area contributed by atoms with Crippen LogP contribution in [0.4, 0.5) is 0 Å². The Morgan fingerprint density at radius 1 is 1.50 bits per heavy atom. The Morgan fingerprint density at radius 3 is 3.30 bits per heavy atom. The molecule has 0 saturated heterocycles. The van der Waals surface area contributed by atoms with E-state index in [9.17, 15) is 0 Å².